The molecule has 164 valence electrons. The number of nitrogens with one attached hydrogen (secondary N) is 1. The fourth-order valence-electron chi connectivity index (χ4n) is 5.25. The second-order valence-electron chi connectivity index (χ2n) is 9.37. The highest BCUT2D eigenvalue weighted by molar-refractivity contribution is 5.96. The van der Waals surface area contributed by atoms with Crippen molar-refractivity contribution in [2.24, 2.45) is 11.3 Å². The lowest BCUT2D eigenvalue weighted by Gasteiger charge is -2.41. The van der Waals surface area contributed by atoms with Crippen LogP contribution >= 0.6 is 0 Å². The number of nitrogens with zero attached hydrogens (tertiary/aromatic N) is 1. The highest BCUT2D eigenvalue weighted by atomic mass is 19.1. The average molecular weight is 423 g/mol. The molecule has 1 N–H and O–H groups in total. The van der Waals surface area contributed by atoms with Crippen LogP contribution in [0.15, 0.2) is 48.5 Å². The number of hydrogen-bond donors (Lipinski definition) is 1. The van der Waals surface area contributed by atoms with Gasteiger partial charge in [-0.2, -0.15) is 0 Å². The van der Waals surface area contributed by atoms with Gasteiger partial charge in [-0.05, 0) is 56.5 Å². The highest BCUT2D eigenvalue weighted by Gasteiger charge is 2.51. The van der Waals surface area contributed by atoms with Gasteiger partial charge in [-0.1, -0.05) is 48.9 Å². The first kappa shape index (κ1) is 21.7. The fraction of sp³-hybridized carbons (Fsp3) is 0.462. The summed E-state index contributed by atoms with van der Waals surface area (Å²) in [6, 6.07) is 14.4. The van der Waals surface area contributed by atoms with Gasteiger partial charge in [-0.15, -0.1) is 0 Å². The zero-order valence-electron chi connectivity index (χ0n) is 18.4. The van der Waals surface area contributed by atoms with Crippen LogP contribution in [0.2, 0.25) is 0 Å². The Morgan fingerprint density at radius 2 is 1.77 bits per heavy atom. The van der Waals surface area contributed by atoms with Crippen molar-refractivity contribution >= 4 is 11.7 Å². The molecule has 0 saturated carbocycles. The number of ketones is 1. The maximum Gasteiger partial charge on any atom is 0.227 e. The molecule has 2 atom stereocenters. The Kier molecular flexibility index (Phi) is 6.24. The number of rotatable bonds is 6. The minimum Gasteiger partial charge on any atom is -0.355 e. The van der Waals surface area contributed by atoms with E-state index in [4.69, 9.17) is 0 Å². The van der Waals surface area contributed by atoms with Gasteiger partial charge in [0.25, 0.3) is 0 Å². The van der Waals surface area contributed by atoms with E-state index in [0.717, 1.165) is 49.2 Å². The molecule has 4 nitrogen and oxygen atoms in total. The van der Waals surface area contributed by atoms with Crippen LogP contribution in [0.1, 0.15) is 53.6 Å². The lowest BCUT2D eigenvalue weighted by molar-refractivity contribution is -0.130. The van der Waals surface area contributed by atoms with Crippen LogP contribution < -0.4 is 5.32 Å². The molecule has 0 unspecified atom stereocenters. The van der Waals surface area contributed by atoms with Crippen molar-refractivity contribution in [3.8, 4) is 0 Å². The molecule has 2 aromatic carbocycles. The summed E-state index contributed by atoms with van der Waals surface area (Å²) in [7, 11) is 0. The predicted molar refractivity (Wildman–Crippen MR) is 120 cm³/mol. The van der Waals surface area contributed by atoms with Crippen molar-refractivity contribution in [3.63, 3.8) is 0 Å². The van der Waals surface area contributed by atoms with Crippen molar-refractivity contribution in [2.45, 2.75) is 39.0 Å². The fourth-order valence-corrected chi connectivity index (χ4v) is 5.25. The van der Waals surface area contributed by atoms with E-state index >= 15 is 0 Å². The van der Waals surface area contributed by atoms with Gasteiger partial charge < -0.3 is 10.2 Å². The molecule has 0 radical (unpaired) electrons. The first-order valence-electron chi connectivity index (χ1n) is 11.2. The van der Waals surface area contributed by atoms with Crippen molar-refractivity contribution in [3.05, 3.63) is 71.0 Å². The molecule has 2 aliphatic rings. The van der Waals surface area contributed by atoms with E-state index in [1.807, 2.05) is 43.3 Å². The molecule has 0 aromatic heterocycles. The molecule has 2 aromatic rings. The van der Waals surface area contributed by atoms with Crippen molar-refractivity contribution in [2.75, 3.05) is 26.2 Å². The topological polar surface area (TPSA) is 49.4 Å². The molecule has 2 fully saturated rings. The number of carbonyl (C=O) groups excluding carboxylic acids is 2. The molecule has 5 heteroatoms. The summed E-state index contributed by atoms with van der Waals surface area (Å²) in [5.74, 6) is 0.409. The van der Waals surface area contributed by atoms with Crippen LogP contribution in [0, 0.1) is 24.1 Å². The van der Waals surface area contributed by atoms with E-state index < -0.39 is 5.41 Å². The minimum atomic E-state index is -0.407. The number of likely N-dealkylation sites (tertiary alicyclic amines) is 1. The van der Waals surface area contributed by atoms with E-state index in [-0.39, 0.29) is 29.3 Å². The third-order valence-corrected chi connectivity index (χ3v) is 7.08. The second kappa shape index (κ2) is 8.91. The zero-order valence-corrected chi connectivity index (χ0v) is 18.4. The Morgan fingerprint density at radius 1 is 1.13 bits per heavy atom. The van der Waals surface area contributed by atoms with Crippen molar-refractivity contribution in [1.82, 2.24) is 10.2 Å². The number of Topliss-reactive ketones (excluding diaryl/α,β-unsaturated/α-hetero) is 1. The summed E-state index contributed by atoms with van der Waals surface area (Å²) >= 11 is 0. The molecule has 0 bridgehead atoms. The number of amides is 1. The van der Waals surface area contributed by atoms with Gasteiger partial charge in [0.1, 0.15) is 5.82 Å². The Balaban J connectivity index is 1.35. The molecule has 2 heterocycles. The molecule has 31 heavy (non-hydrogen) atoms. The molecule has 1 spiro atoms. The molecular formula is C26H31FN2O2. The SMILES string of the molecule is Cc1ccc(C(=O)C[C@@H](C)CN2CCC3(CC2)C(=O)NC[C@H]3c2ccc(F)cc2)cc1. The average Bonchev–Trinajstić information content (AvgIpc) is 3.06. The highest BCUT2D eigenvalue weighted by Crippen LogP contribution is 2.47. The standard InChI is InChI=1S/C26H31FN2O2/c1-18-3-5-21(6-4-18)24(30)15-19(2)17-29-13-11-26(12-14-29)23(16-28-25(26)31)20-7-9-22(27)10-8-20/h3-10,19,23H,11-17H2,1-2H3,(H,28,31)/t19-,23+/m1/s1. The lowest BCUT2D eigenvalue weighted by atomic mass is 9.68. The number of halogens is 1. The largest absolute Gasteiger partial charge is 0.355 e. The first-order valence-corrected chi connectivity index (χ1v) is 11.2. The van der Waals surface area contributed by atoms with Gasteiger partial charge in [0, 0.05) is 31.0 Å². The smallest absolute Gasteiger partial charge is 0.227 e. The van der Waals surface area contributed by atoms with Gasteiger partial charge in [0.2, 0.25) is 5.91 Å². The molecule has 0 aliphatic carbocycles. The van der Waals surface area contributed by atoms with Crippen molar-refractivity contribution < 1.29 is 14.0 Å². The summed E-state index contributed by atoms with van der Waals surface area (Å²) in [5, 5.41) is 3.05. The number of benzene rings is 2. The number of piperidine rings is 1. The summed E-state index contributed by atoms with van der Waals surface area (Å²) in [6.45, 7) is 7.30. The van der Waals surface area contributed by atoms with E-state index in [1.165, 1.54) is 12.1 Å². The summed E-state index contributed by atoms with van der Waals surface area (Å²) < 4.78 is 13.4. The van der Waals surface area contributed by atoms with E-state index in [0.29, 0.717) is 13.0 Å². The maximum absolute atomic E-state index is 13.4. The van der Waals surface area contributed by atoms with Crippen LogP contribution in [-0.2, 0) is 4.79 Å². The van der Waals surface area contributed by atoms with Crippen LogP contribution in [0.4, 0.5) is 4.39 Å². The lowest BCUT2D eigenvalue weighted by Crippen LogP contribution is -2.47. The summed E-state index contributed by atoms with van der Waals surface area (Å²) in [4.78, 5) is 27.8. The van der Waals surface area contributed by atoms with Crippen LogP contribution in [0.5, 0.6) is 0 Å². The maximum atomic E-state index is 13.4. The van der Waals surface area contributed by atoms with Gasteiger partial charge in [-0.25, -0.2) is 4.39 Å². The van der Waals surface area contributed by atoms with E-state index in [2.05, 4.69) is 17.1 Å². The first-order chi connectivity index (χ1) is 14.9. The van der Waals surface area contributed by atoms with E-state index in [9.17, 15) is 14.0 Å². The van der Waals surface area contributed by atoms with Gasteiger partial charge in [0.15, 0.2) is 5.78 Å². The molecule has 2 aliphatic heterocycles. The quantitative estimate of drug-likeness (QED) is 0.705. The Morgan fingerprint density at radius 3 is 2.42 bits per heavy atom. The van der Waals surface area contributed by atoms with Crippen LogP contribution in [0.3, 0.4) is 0 Å². The second-order valence-corrected chi connectivity index (χ2v) is 9.37. The minimum absolute atomic E-state index is 0.0864. The van der Waals surface area contributed by atoms with Gasteiger partial charge in [0.05, 0.1) is 5.41 Å². The molecule has 1 amide bonds. The monoisotopic (exact) mass is 422 g/mol. The zero-order chi connectivity index (χ0) is 22.0. The summed E-state index contributed by atoms with van der Waals surface area (Å²) in [6.07, 6.45) is 2.11. The van der Waals surface area contributed by atoms with Gasteiger partial charge in [-0.3, -0.25) is 9.59 Å². The van der Waals surface area contributed by atoms with Crippen LogP contribution in [0.25, 0.3) is 0 Å². The predicted octanol–water partition coefficient (Wildman–Crippen LogP) is 4.34. The summed E-state index contributed by atoms with van der Waals surface area (Å²) in [5.41, 5.74) is 2.56. The van der Waals surface area contributed by atoms with Gasteiger partial charge >= 0.3 is 0 Å². The Hall–Kier alpha value is -2.53. The third kappa shape index (κ3) is 4.57. The number of carbonyl (C=O) groups is 2. The Labute approximate surface area is 183 Å². The molecular weight excluding hydrogens is 391 g/mol. The normalized spacial score (nSPS) is 21.8. The molecule has 4 rings (SSSR count). The van der Waals surface area contributed by atoms with Crippen molar-refractivity contribution in [1.29, 1.82) is 0 Å². The Bertz CT molecular complexity index is 931. The number of aryl methyl sites for hydroxylation is 1. The van der Waals surface area contributed by atoms with Crippen LogP contribution in [-0.4, -0.2) is 42.8 Å². The third-order valence-electron chi connectivity index (χ3n) is 7.08. The molecule has 2 saturated heterocycles. The number of hydrogen-bond acceptors (Lipinski definition) is 3. The van der Waals surface area contributed by atoms with E-state index in [1.54, 1.807) is 0 Å².